The highest BCUT2D eigenvalue weighted by molar-refractivity contribution is 7.22. The first-order chi connectivity index (χ1) is 9.69. The van der Waals surface area contributed by atoms with Crippen molar-refractivity contribution in [2.75, 3.05) is 30.9 Å². The van der Waals surface area contributed by atoms with Crippen LogP contribution in [-0.2, 0) is 4.74 Å². The average molecular weight is 291 g/mol. The van der Waals surface area contributed by atoms with Gasteiger partial charge in [0.2, 0.25) is 0 Å². The molecular weight excluding hydrogens is 270 g/mol. The number of hydrogen-bond donors (Lipinski definition) is 1. The lowest BCUT2D eigenvalue weighted by molar-refractivity contribution is 0.202. The molecule has 3 rings (SSSR count). The Morgan fingerprint density at radius 2 is 2.30 bits per heavy atom. The number of fused-ring (bicyclic) bond motifs is 1. The zero-order chi connectivity index (χ0) is 14.1. The predicted octanol–water partition coefficient (Wildman–Crippen LogP) is 3.13. The van der Waals surface area contributed by atoms with Crippen LogP contribution in [0.2, 0.25) is 0 Å². The first-order valence-corrected chi connectivity index (χ1v) is 7.92. The van der Waals surface area contributed by atoms with E-state index in [4.69, 9.17) is 15.5 Å². The van der Waals surface area contributed by atoms with Crippen LogP contribution in [0.5, 0.6) is 0 Å². The Bertz CT molecular complexity index is 594. The van der Waals surface area contributed by atoms with Crippen molar-refractivity contribution in [1.29, 1.82) is 0 Å². The van der Waals surface area contributed by atoms with E-state index in [2.05, 4.69) is 11.8 Å². The summed E-state index contributed by atoms with van der Waals surface area (Å²) in [5, 5.41) is 1.09. The van der Waals surface area contributed by atoms with Crippen LogP contribution in [0.25, 0.3) is 10.2 Å². The number of nitrogens with two attached hydrogens (primary N) is 1. The number of aromatic nitrogens is 1. The summed E-state index contributed by atoms with van der Waals surface area (Å²) in [6.07, 6.45) is 2.67. The molecule has 5 heteroatoms. The molecule has 1 aliphatic carbocycles. The third-order valence-corrected chi connectivity index (χ3v) is 5.03. The number of rotatable bonds is 6. The summed E-state index contributed by atoms with van der Waals surface area (Å²) in [6, 6.07) is 6.45. The molecule has 2 aromatic rings. The molecule has 4 nitrogen and oxygen atoms in total. The number of ether oxygens (including phenoxy) is 1. The molecule has 20 heavy (non-hydrogen) atoms. The molecule has 1 aliphatic rings. The van der Waals surface area contributed by atoms with E-state index in [1.807, 2.05) is 18.2 Å². The maximum absolute atomic E-state index is 5.85. The van der Waals surface area contributed by atoms with E-state index < -0.39 is 0 Å². The van der Waals surface area contributed by atoms with Crippen LogP contribution in [-0.4, -0.2) is 31.3 Å². The SMILES string of the molecule is COCCN(c1nc2ccc(N)cc2s1)C(C)C1CC1. The van der Waals surface area contributed by atoms with Crippen LogP contribution >= 0.6 is 11.3 Å². The summed E-state index contributed by atoms with van der Waals surface area (Å²) >= 11 is 1.72. The van der Waals surface area contributed by atoms with Gasteiger partial charge >= 0.3 is 0 Å². The number of anilines is 2. The van der Waals surface area contributed by atoms with E-state index in [-0.39, 0.29) is 0 Å². The second-order valence-electron chi connectivity index (χ2n) is 5.49. The molecule has 1 unspecified atom stereocenters. The number of thiazole rings is 1. The molecule has 2 N–H and O–H groups in total. The van der Waals surface area contributed by atoms with E-state index in [0.29, 0.717) is 6.04 Å². The molecule has 108 valence electrons. The minimum atomic E-state index is 0.531. The third kappa shape index (κ3) is 2.74. The van der Waals surface area contributed by atoms with Gasteiger partial charge in [-0.15, -0.1) is 0 Å². The number of methoxy groups -OCH3 is 1. The van der Waals surface area contributed by atoms with Gasteiger partial charge in [-0.1, -0.05) is 11.3 Å². The molecule has 0 spiro atoms. The minimum Gasteiger partial charge on any atom is -0.399 e. The van der Waals surface area contributed by atoms with Gasteiger partial charge in [0.15, 0.2) is 5.13 Å². The zero-order valence-corrected chi connectivity index (χ0v) is 12.8. The van der Waals surface area contributed by atoms with Gasteiger partial charge in [-0.3, -0.25) is 0 Å². The topological polar surface area (TPSA) is 51.4 Å². The maximum Gasteiger partial charge on any atom is 0.186 e. The summed E-state index contributed by atoms with van der Waals surface area (Å²) in [7, 11) is 1.75. The quantitative estimate of drug-likeness (QED) is 0.831. The van der Waals surface area contributed by atoms with Crippen LogP contribution in [0.3, 0.4) is 0 Å². The van der Waals surface area contributed by atoms with Crippen LogP contribution < -0.4 is 10.6 Å². The Kier molecular flexibility index (Phi) is 3.81. The fraction of sp³-hybridized carbons (Fsp3) is 0.533. The average Bonchev–Trinajstić information content (AvgIpc) is 3.20. The van der Waals surface area contributed by atoms with E-state index >= 15 is 0 Å². The molecule has 1 fully saturated rings. The third-order valence-electron chi connectivity index (χ3n) is 3.98. The highest BCUT2D eigenvalue weighted by atomic mass is 32.1. The van der Waals surface area contributed by atoms with Crippen molar-refractivity contribution in [3.05, 3.63) is 18.2 Å². The number of nitrogens with zero attached hydrogens (tertiary/aromatic N) is 2. The number of nitrogen functional groups attached to an aromatic ring is 1. The van der Waals surface area contributed by atoms with Crippen molar-refractivity contribution in [2.45, 2.75) is 25.8 Å². The molecule has 1 atom stereocenters. The fourth-order valence-corrected chi connectivity index (χ4v) is 3.68. The first-order valence-electron chi connectivity index (χ1n) is 7.10. The second kappa shape index (κ2) is 5.58. The smallest absolute Gasteiger partial charge is 0.186 e. The van der Waals surface area contributed by atoms with Crippen LogP contribution in [0.4, 0.5) is 10.8 Å². The lowest BCUT2D eigenvalue weighted by atomic mass is 10.2. The molecule has 0 saturated heterocycles. The van der Waals surface area contributed by atoms with Gasteiger partial charge in [-0.2, -0.15) is 0 Å². The highest BCUT2D eigenvalue weighted by Gasteiger charge is 2.33. The molecule has 1 aromatic heterocycles. The highest BCUT2D eigenvalue weighted by Crippen LogP contribution is 2.39. The second-order valence-corrected chi connectivity index (χ2v) is 6.50. The summed E-state index contributed by atoms with van der Waals surface area (Å²) in [6.45, 7) is 3.92. The summed E-state index contributed by atoms with van der Waals surface area (Å²) in [5.74, 6) is 0.809. The van der Waals surface area contributed by atoms with Crippen LogP contribution in [0.1, 0.15) is 19.8 Å². The van der Waals surface area contributed by atoms with Crippen molar-refractivity contribution < 1.29 is 4.74 Å². The van der Waals surface area contributed by atoms with Crippen LogP contribution in [0, 0.1) is 5.92 Å². The lowest BCUT2D eigenvalue weighted by Crippen LogP contribution is -2.37. The molecule has 0 radical (unpaired) electrons. The molecule has 1 saturated carbocycles. The van der Waals surface area contributed by atoms with Gasteiger partial charge in [-0.05, 0) is 43.9 Å². The van der Waals surface area contributed by atoms with Gasteiger partial charge in [0, 0.05) is 25.4 Å². The molecule has 1 aromatic carbocycles. The first kappa shape index (κ1) is 13.6. The normalized spacial score (nSPS) is 16.5. The molecule has 0 aliphatic heterocycles. The maximum atomic E-state index is 5.85. The molecule has 0 amide bonds. The molecular formula is C15H21N3OS. The standard InChI is InChI=1S/C15H21N3OS/c1-10(11-3-4-11)18(7-8-19-2)15-17-13-6-5-12(16)9-14(13)20-15/h5-6,9-11H,3-4,7-8,16H2,1-2H3. The van der Waals surface area contributed by atoms with Crippen molar-refractivity contribution in [2.24, 2.45) is 5.92 Å². The lowest BCUT2D eigenvalue weighted by Gasteiger charge is -2.28. The fourth-order valence-electron chi connectivity index (χ4n) is 2.55. The van der Waals surface area contributed by atoms with Gasteiger partial charge in [0.05, 0.1) is 16.8 Å². The van der Waals surface area contributed by atoms with E-state index in [0.717, 1.165) is 40.1 Å². The van der Waals surface area contributed by atoms with E-state index in [1.165, 1.54) is 12.8 Å². The van der Waals surface area contributed by atoms with E-state index in [9.17, 15) is 0 Å². The minimum absolute atomic E-state index is 0.531. The van der Waals surface area contributed by atoms with Gasteiger partial charge in [0.25, 0.3) is 0 Å². The largest absolute Gasteiger partial charge is 0.399 e. The summed E-state index contributed by atoms with van der Waals surface area (Å²) < 4.78 is 6.41. The monoisotopic (exact) mass is 291 g/mol. The number of hydrogen-bond acceptors (Lipinski definition) is 5. The molecule has 1 heterocycles. The van der Waals surface area contributed by atoms with Gasteiger partial charge in [-0.25, -0.2) is 4.98 Å². The summed E-state index contributed by atoms with van der Waals surface area (Å²) in [5.41, 5.74) is 7.68. The Hall–Kier alpha value is -1.33. The zero-order valence-electron chi connectivity index (χ0n) is 12.0. The Morgan fingerprint density at radius 3 is 3.00 bits per heavy atom. The number of benzene rings is 1. The Labute approximate surface area is 123 Å². The van der Waals surface area contributed by atoms with Crippen molar-refractivity contribution in [3.63, 3.8) is 0 Å². The predicted molar refractivity (Wildman–Crippen MR) is 85.4 cm³/mol. The van der Waals surface area contributed by atoms with Gasteiger partial charge < -0.3 is 15.4 Å². The Balaban J connectivity index is 1.90. The van der Waals surface area contributed by atoms with E-state index in [1.54, 1.807) is 18.4 Å². The van der Waals surface area contributed by atoms with Crippen molar-refractivity contribution in [1.82, 2.24) is 4.98 Å². The van der Waals surface area contributed by atoms with Crippen molar-refractivity contribution in [3.8, 4) is 0 Å². The Morgan fingerprint density at radius 1 is 1.50 bits per heavy atom. The molecule has 0 bridgehead atoms. The van der Waals surface area contributed by atoms with Crippen molar-refractivity contribution >= 4 is 32.4 Å². The van der Waals surface area contributed by atoms with Crippen LogP contribution in [0.15, 0.2) is 18.2 Å². The van der Waals surface area contributed by atoms with Gasteiger partial charge in [0.1, 0.15) is 0 Å². The summed E-state index contributed by atoms with van der Waals surface area (Å²) in [4.78, 5) is 7.16.